The van der Waals surface area contributed by atoms with E-state index in [1.165, 1.54) is 55.6 Å². The largest absolute Gasteiger partial charge is 0.0928 e. The summed E-state index contributed by atoms with van der Waals surface area (Å²) in [5.41, 5.74) is 21.5. The second kappa shape index (κ2) is 10.8. The number of rotatable bonds is 5. The Bertz CT molecular complexity index is 2170. The number of fused-ring (bicyclic) bond motifs is 7. The molecule has 2 unspecified atom stereocenters. The number of hydrogen-bond acceptors (Lipinski definition) is 0. The molecule has 0 nitrogen and oxygen atoms in total. The Labute approximate surface area is 288 Å². The Kier molecular flexibility index (Phi) is 6.66. The van der Waals surface area contributed by atoms with Gasteiger partial charge in [0.1, 0.15) is 0 Å². The molecule has 0 spiro atoms. The molecule has 0 heterocycles. The number of allylic oxidation sites excluding steroid dienone is 5. The molecule has 5 aromatic carbocycles. The highest BCUT2D eigenvalue weighted by molar-refractivity contribution is 6.69. The van der Waals surface area contributed by atoms with Gasteiger partial charge in [0.2, 0.25) is 0 Å². The lowest BCUT2D eigenvalue weighted by Gasteiger charge is -2.47. The summed E-state index contributed by atoms with van der Waals surface area (Å²) in [6.45, 7) is 12.0. The van der Waals surface area contributed by atoms with Crippen LogP contribution in [0.25, 0.3) is 28.3 Å². The van der Waals surface area contributed by atoms with Crippen LogP contribution in [-0.2, 0) is 10.5 Å². The van der Waals surface area contributed by atoms with Crippen LogP contribution in [0.5, 0.6) is 0 Å². The van der Waals surface area contributed by atoms with E-state index in [2.05, 4.69) is 168 Å². The van der Waals surface area contributed by atoms with E-state index in [0.717, 1.165) is 12.8 Å². The molecule has 2 atom stereocenters. The molecule has 0 bridgehead atoms. The van der Waals surface area contributed by atoms with Gasteiger partial charge in [0.15, 0.2) is 0 Å². The van der Waals surface area contributed by atoms with Gasteiger partial charge < -0.3 is 0 Å². The van der Waals surface area contributed by atoms with Gasteiger partial charge in [-0.15, -0.1) is 0 Å². The molecule has 0 fully saturated rings. The number of benzene rings is 5. The topological polar surface area (TPSA) is 0 Å². The SMILES string of the molecule is Cc1ccc(C)c2c1C=CC2[Si](C1c2ccccc2-c2ccccc21)C1(CC2=CC=CC2)c2ccccc2-c2cccc(C(C)(C)C)c21. The maximum absolute atomic E-state index is 2.64. The van der Waals surface area contributed by atoms with Crippen LogP contribution in [0.3, 0.4) is 0 Å². The molecule has 0 N–H and O–H groups in total. The fraction of sp³-hybridized carbons (Fsp3) is 0.234. The second-order valence-corrected chi connectivity index (χ2v) is 18.5. The van der Waals surface area contributed by atoms with Crippen LogP contribution in [-0.4, -0.2) is 8.80 Å². The van der Waals surface area contributed by atoms with Crippen LogP contribution in [0.4, 0.5) is 0 Å². The highest BCUT2D eigenvalue weighted by Gasteiger charge is 2.58. The molecule has 0 saturated carbocycles. The van der Waals surface area contributed by atoms with Crippen LogP contribution in [0, 0.1) is 13.8 Å². The lowest BCUT2D eigenvalue weighted by Crippen LogP contribution is -2.52. The van der Waals surface area contributed by atoms with Crippen LogP contribution in [0.1, 0.15) is 94.8 Å². The molecular weight excluding hydrogens is 593 g/mol. The molecule has 4 aliphatic carbocycles. The highest BCUT2D eigenvalue weighted by atomic mass is 28.3. The normalized spacial score (nSPS) is 20.1. The third-order valence-corrected chi connectivity index (χ3v) is 15.9. The van der Waals surface area contributed by atoms with Gasteiger partial charge in [-0.3, -0.25) is 0 Å². The van der Waals surface area contributed by atoms with E-state index < -0.39 is 8.80 Å². The summed E-state index contributed by atoms with van der Waals surface area (Å²) in [7, 11) is -1.46. The van der Waals surface area contributed by atoms with Crippen molar-refractivity contribution >= 4 is 14.9 Å². The minimum Gasteiger partial charge on any atom is -0.0805 e. The van der Waals surface area contributed by atoms with Crippen molar-refractivity contribution in [2.45, 2.75) is 69.0 Å². The summed E-state index contributed by atoms with van der Waals surface area (Å²) in [4.78, 5) is 0. The summed E-state index contributed by atoms with van der Waals surface area (Å²) in [5.74, 6) is 0. The maximum Gasteiger partial charge on any atom is 0.0928 e. The van der Waals surface area contributed by atoms with Gasteiger partial charge in [-0.25, -0.2) is 0 Å². The van der Waals surface area contributed by atoms with E-state index in [-0.39, 0.29) is 10.5 Å². The third kappa shape index (κ3) is 4.13. The minimum absolute atomic E-state index is 0.00463. The molecule has 9 rings (SSSR count). The van der Waals surface area contributed by atoms with Crippen LogP contribution >= 0.6 is 0 Å². The van der Waals surface area contributed by atoms with E-state index >= 15 is 0 Å². The summed E-state index contributed by atoms with van der Waals surface area (Å²) in [5, 5.41) is -0.166. The van der Waals surface area contributed by atoms with Crippen molar-refractivity contribution in [3.63, 3.8) is 0 Å². The summed E-state index contributed by atoms with van der Waals surface area (Å²) < 4.78 is 0. The fourth-order valence-electron chi connectivity index (χ4n) is 9.85. The van der Waals surface area contributed by atoms with Gasteiger partial charge in [0.25, 0.3) is 0 Å². The van der Waals surface area contributed by atoms with E-state index in [0.29, 0.717) is 11.1 Å². The first kappa shape index (κ1) is 29.7. The number of hydrogen-bond donors (Lipinski definition) is 0. The van der Waals surface area contributed by atoms with Gasteiger partial charge in [0.05, 0.1) is 8.80 Å². The average molecular weight is 636 g/mol. The van der Waals surface area contributed by atoms with Crippen LogP contribution in [0.2, 0.25) is 0 Å². The van der Waals surface area contributed by atoms with Crippen molar-refractivity contribution in [1.29, 1.82) is 0 Å². The zero-order valence-electron chi connectivity index (χ0n) is 28.8. The molecule has 0 saturated heterocycles. The molecule has 235 valence electrons. The van der Waals surface area contributed by atoms with Gasteiger partial charge in [-0.2, -0.15) is 0 Å². The zero-order valence-corrected chi connectivity index (χ0v) is 29.8. The maximum atomic E-state index is 2.64. The lowest BCUT2D eigenvalue weighted by molar-refractivity contribution is 0.564. The van der Waals surface area contributed by atoms with E-state index in [1.807, 2.05) is 0 Å². The van der Waals surface area contributed by atoms with Gasteiger partial charge in [-0.05, 0) is 110 Å². The van der Waals surface area contributed by atoms with Crippen LogP contribution in [0.15, 0.2) is 133 Å². The van der Waals surface area contributed by atoms with Crippen molar-refractivity contribution in [3.8, 4) is 22.3 Å². The third-order valence-electron chi connectivity index (χ3n) is 11.8. The van der Waals surface area contributed by atoms with Crippen molar-refractivity contribution < 1.29 is 0 Å². The van der Waals surface area contributed by atoms with E-state index in [9.17, 15) is 0 Å². The highest BCUT2D eigenvalue weighted by Crippen LogP contribution is 2.63. The molecule has 1 radical (unpaired) electrons. The summed E-state index contributed by atoms with van der Waals surface area (Å²) in [6, 6.07) is 40.2. The van der Waals surface area contributed by atoms with E-state index in [1.54, 1.807) is 22.3 Å². The number of aryl methyl sites for hydroxylation is 2. The molecule has 5 aromatic rings. The van der Waals surface area contributed by atoms with Crippen LogP contribution < -0.4 is 0 Å². The van der Waals surface area contributed by atoms with Crippen molar-refractivity contribution in [2.75, 3.05) is 0 Å². The van der Waals surface area contributed by atoms with Crippen molar-refractivity contribution in [2.24, 2.45) is 0 Å². The molecule has 0 aliphatic heterocycles. The minimum atomic E-state index is -1.46. The Hall–Kier alpha value is -4.46. The first-order valence-electron chi connectivity index (χ1n) is 17.7. The zero-order chi connectivity index (χ0) is 32.8. The van der Waals surface area contributed by atoms with Crippen molar-refractivity contribution in [1.82, 2.24) is 0 Å². The Morgan fingerprint density at radius 3 is 2.04 bits per heavy atom. The first-order chi connectivity index (χ1) is 23.3. The molecule has 0 aromatic heterocycles. The average Bonchev–Trinajstić information content (AvgIpc) is 3.89. The Morgan fingerprint density at radius 2 is 1.35 bits per heavy atom. The van der Waals surface area contributed by atoms with Gasteiger partial charge in [0, 0.05) is 10.6 Å². The molecular formula is C47H43Si. The standard InChI is InChI=1S/C47H43Si/c1-30-25-26-31(2)43-33(30)27-28-42(43)48(45-38-20-10-8-17-34(38)35-18-9-11-21-39(35)45)47(29-32-15-6-7-16-32)40-23-13-12-19-36(40)37-22-14-24-41(44(37)47)46(3,4)5/h6-15,17-28,42,45H,16,29H2,1-5H3. The van der Waals surface area contributed by atoms with E-state index in [4.69, 9.17) is 0 Å². The second-order valence-electron chi connectivity index (χ2n) is 15.5. The van der Waals surface area contributed by atoms with Gasteiger partial charge in [-0.1, -0.05) is 160 Å². The molecule has 0 amide bonds. The fourth-order valence-corrected chi connectivity index (χ4v) is 14.9. The predicted octanol–water partition coefficient (Wildman–Crippen LogP) is 11.9. The smallest absolute Gasteiger partial charge is 0.0805 e. The van der Waals surface area contributed by atoms with Gasteiger partial charge >= 0.3 is 0 Å². The molecule has 1 heteroatoms. The molecule has 4 aliphatic rings. The quantitative estimate of drug-likeness (QED) is 0.169. The lowest BCUT2D eigenvalue weighted by atomic mass is 9.77. The first-order valence-corrected chi connectivity index (χ1v) is 19.4. The summed E-state index contributed by atoms with van der Waals surface area (Å²) in [6.07, 6.45) is 14.3. The monoisotopic (exact) mass is 635 g/mol. The molecule has 48 heavy (non-hydrogen) atoms. The summed E-state index contributed by atoms with van der Waals surface area (Å²) >= 11 is 0. The predicted molar refractivity (Wildman–Crippen MR) is 205 cm³/mol. The van der Waals surface area contributed by atoms with Crippen molar-refractivity contribution in [3.05, 3.63) is 183 Å². The Balaban J connectivity index is 1.45. The Morgan fingerprint density at radius 1 is 0.708 bits per heavy atom.